The standard InChI is InChI=1S/C16H19N/c1-2-17(13-15-9-5-3-6-10-15)14-16-11-7-4-8-12-16/h3-12H,2,13-14H2,1H3/i13D,14D. The molecule has 0 heterocycles. The second-order valence-electron chi connectivity index (χ2n) is 3.91. The van der Waals surface area contributed by atoms with Gasteiger partial charge in [0.2, 0.25) is 0 Å². The largest absolute Gasteiger partial charge is 0.295 e. The van der Waals surface area contributed by atoms with Crippen molar-refractivity contribution in [2.75, 3.05) is 6.54 Å². The van der Waals surface area contributed by atoms with E-state index in [1.54, 1.807) is 0 Å². The topological polar surface area (TPSA) is 3.24 Å². The number of rotatable bonds is 5. The minimum Gasteiger partial charge on any atom is -0.295 e. The minimum atomic E-state index is -0.506. The van der Waals surface area contributed by atoms with E-state index in [1.807, 2.05) is 72.5 Å². The van der Waals surface area contributed by atoms with Gasteiger partial charge in [0.25, 0.3) is 0 Å². The van der Waals surface area contributed by atoms with Gasteiger partial charge < -0.3 is 0 Å². The third-order valence-corrected chi connectivity index (χ3v) is 2.59. The summed E-state index contributed by atoms with van der Waals surface area (Å²) in [5, 5.41) is 0. The molecule has 2 atom stereocenters. The summed E-state index contributed by atoms with van der Waals surface area (Å²) in [7, 11) is 0. The molecule has 2 rings (SSSR count). The molecule has 2 aromatic carbocycles. The van der Waals surface area contributed by atoms with E-state index < -0.39 is 13.0 Å². The lowest BCUT2D eigenvalue weighted by atomic mass is 10.2. The highest BCUT2D eigenvalue weighted by Crippen LogP contribution is 2.09. The molecular weight excluding hydrogens is 206 g/mol. The Labute approximate surface area is 107 Å². The molecule has 0 radical (unpaired) electrons. The first kappa shape index (κ1) is 9.43. The van der Waals surface area contributed by atoms with Crippen molar-refractivity contribution in [2.45, 2.75) is 20.0 Å². The summed E-state index contributed by atoms with van der Waals surface area (Å²) in [6.07, 6.45) is 0. The van der Waals surface area contributed by atoms with Crippen LogP contribution in [-0.2, 0) is 13.0 Å². The highest BCUT2D eigenvalue weighted by atomic mass is 15.1. The van der Waals surface area contributed by atoms with E-state index >= 15 is 0 Å². The Morgan fingerprint density at radius 2 is 1.24 bits per heavy atom. The van der Waals surface area contributed by atoms with Gasteiger partial charge in [-0.3, -0.25) is 4.90 Å². The Morgan fingerprint density at radius 1 is 0.824 bits per heavy atom. The molecule has 0 saturated heterocycles. The maximum atomic E-state index is 8.36. The predicted octanol–water partition coefficient (Wildman–Crippen LogP) is 3.71. The highest BCUT2D eigenvalue weighted by molar-refractivity contribution is 5.16. The van der Waals surface area contributed by atoms with Crippen LogP contribution in [0.1, 0.15) is 20.8 Å². The second-order valence-corrected chi connectivity index (χ2v) is 3.91. The molecule has 0 aliphatic carbocycles. The molecule has 0 N–H and O–H groups in total. The van der Waals surface area contributed by atoms with Gasteiger partial charge in [-0.2, -0.15) is 0 Å². The first-order valence-corrected chi connectivity index (χ1v) is 5.94. The summed E-state index contributed by atoms with van der Waals surface area (Å²) in [5.41, 5.74) is 1.86. The van der Waals surface area contributed by atoms with Crippen LogP contribution in [0.3, 0.4) is 0 Å². The summed E-state index contributed by atoms with van der Waals surface area (Å²) in [5.74, 6) is 0. The van der Waals surface area contributed by atoms with Crippen LogP contribution in [-0.4, -0.2) is 11.4 Å². The Kier molecular flexibility index (Phi) is 3.45. The van der Waals surface area contributed by atoms with Crippen molar-refractivity contribution in [2.24, 2.45) is 0 Å². The number of benzene rings is 2. The summed E-state index contributed by atoms with van der Waals surface area (Å²) in [4.78, 5) is 1.87. The van der Waals surface area contributed by atoms with E-state index in [1.165, 1.54) is 0 Å². The van der Waals surface area contributed by atoms with Crippen LogP contribution >= 0.6 is 0 Å². The summed E-state index contributed by atoms with van der Waals surface area (Å²) in [6.45, 7) is 1.66. The maximum absolute atomic E-state index is 8.36. The lowest BCUT2D eigenvalue weighted by Gasteiger charge is -2.20. The molecule has 0 spiro atoms. The fourth-order valence-electron chi connectivity index (χ4n) is 1.68. The molecule has 2 aromatic rings. The molecule has 0 aromatic heterocycles. The predicted molar refractivity (Wildman–Crippen MR) is 72.7 cm³/mol. The molecule has 88 valence electrons. The van der Waals surface area contributed by atoms with Gasteiger partial charge in [0, 0.05) is 15.8 Å². The second kappa shape index (κ2) is 6.21. The van der Waals surface area contributed by atoms with Crippen LogP contribution in [0.15, 0.2) is 60.7 Å². The van der Waals surface area contributed by atoms with Gasteiger partial charge in [-0.1, -0.05) is 67.6 Å². The Bertz CT molecular complexity index is 441. The lowest BCUT2D eigenvalue weighted by molar-refractivity contribution is 0.271. The van der Waals surface area contributed by atoms with E-state index in [0.717, 1.165) is 11.1 Å². The Balaban J connectivity index is 2.20. The average molecular weight is 227 g/mol. The van der Waals surface area contributed by atoms with Crippen molar-refractivity contribution in [1.82, 2.24) is 4.90 Å². The van der Waals surface area contributed by atoms with E-state index in [9.17, 15) is 0 Å². The molecule has 0 amide bonds. The molecule has 1 nitrogen and oxygen atoms in total. The molecule has 1 heteroatoms. The monoisotopic (exact) mass is 227 g/mol. The third kappa shape index (κ3) is 3.72. The average Bonchev–Trinajstić information content (AvgIpc) is 2.49. The summed E-state index contributed by atoms with van der Waals surface area (Å²) in [6, 6.07) is 19.4. The molecule has 0 fully saturated rings. The fourth-order valence-corrected chi connectivity index (χ4v) is 1.68. The highest BCUT2D eigenvalue weighted by Gasteiger charge is 2.03. The van der Waals surface area contributed by atoms with Crippen LogP contribution in [0.5, 0.6) is 0 Å². The molecule has 2 unspecified atom stereocenters. The smallest absolute Gasteiger partial charge is 0.0481 e. The molecule has 0 bridgehead atoms. The Hall–Kier alpha value is -1.60. The van der Waals surface area contributed by atoms with Crippen LogP contribution in [0.4, 0.5) is 0 Å². The molecule has 17 heavy (non-hydrogen) atoms. The van der Waals surface area contributed by atoms with Gasteiger partial charge in [-0.15, -0.1) is 0 Å². The first-order chi connectivity index (χ1) is 9.24. The first-order valence-electron chi connectivity index (χ1n) is 7.09. The molecule has 0 saturated carbocycles. The van der Waals surface area contributed by atoms with Crippen molar-refractivity contribution in [3.05, 3.63) is 71.8 Å². The van der Waals surface area contributed by atoms with Crippen LogP contribution < -0.4 is 0 Å². The number of hydrogen-bond donors (Lipinski definition) is 0. The molecular formula is C16H19N. The van der Waals surface area contributed by atoms with Crippen molar-refractivity contribution in [3.8, 4) is 0 Å². The van der Waals surface area contributed by atoms with Crippen LogP contribution in [0.25, 0.3) is 0 Å². The van der Waals surface area contributed by atoms with Gasteiger partial charge in [0.1, 0.15) is 0 Å². The Morgan fingerprint density at radius 3 is 1.59 bits per heavy atom. The van der Waals surface area contributed by atoms with E-state index in [0.29, 0.717) is 6.54 Å². The SMILES string of the molecule is [2H]C(c1ccccc1)N(CC)C([2H])c1ccccc1. The van der Waals surface area contributed by atoms with Crippen molar-refractivity contribution >= 4 is 0 Å². The zero-order valence-electron chi connectivity index (χ0n) is 12.1. The van der Waals surface area contributed by atoms with Crippen molar-refractivity contribution in [1.29, 1.82) is 0 Å². The summed E-state index contributed by atoms with van der Waals surface area (Å²) >= 11 is 0. The van der Waals surface area contributed by atoms with E-state index in [4.69, 9.17) is 2.74 Å². The normalized spacial score (nSPS) is 16.1. The molecule has 0 aliphatic rings. The van der Waals surface area contributed by atoms with Crippen molar-refractivity contribution in [3.63, 3.8) is 0 Å². The number of hydrogen-bond acceptors (Lipinski definition) is 1. The lowest BCUT2D eigenvalue weighted by Crippen LogP contribution is -2.22. The van der Waals surface area contributed by atoms with Gasteiger partial charge in [0.05, 0.1) is 0 Å². The fraction of sp³-hybridized carbons (Fsp3) is 0.250. The van der Waals surface area contributed by atoms with E-state index in [-0.39, 0.29) is 0 Å². The van der Waals surface area contributed by atoms with Crippen LogP contribution in [0.2, 0.25) is 0 Å². The van der Waals surface area contributed by atoms with Crippen molar-refractivity contribution < 1.29 is 2.74 Å². The van der Waals surface area contributed by atoms with E-state index in [2.05, 4.69) is 0 Å². The van der Waals surface area contributed by atoms with Gasteiger partial charge in [-0.25, -0.2) is 0 Å². The zero-order valence-corrected chi connectivity index (χ0v) is 10.1. The maximum Gasteiger partial charge on any atom is 0.0481 e. The van der Waals surface area contributed by atoms with Gasteiger partial charge in [0.15, 0.2) is 0 Å². The minimum absolute atomic E-state index is 0.506. The van der Waals surface area contributed by atoms with Gasteiger partial charge >= 0.3 is 0 Å². The molecule has 0 aliphatic heterocycles. The van der Waals surface area contributed by atoms with Crippen LogP contribution in [0, 0.1) is 0 Å². The third-order valence-electron chi connectivity index (χ3n) is 2.59. The number of nitrogens with zero attached hydrogens (tertiary/aromatic N) is 1. The summed E-state index contributed by atoms with van der Waals surface area (Å²) < 4.78 is 16.7. The quantitative estimate of drug-likeness (QED) is 0.752. The van der Waals surface area contributed by atoms with Gasteiger partial charge in [-0.05, 0) is 17.7 Å². The zero-order chi connectivity index (χ0) is 13.7.